The quantitative estimate of drug-likeness (QED) is 0.765. The van der Waals surface area contributed by atoms with Gasteiger partial charge in [-0.2, -0.15) is 5.26 Å². The molecule has 2 aromatic rings. The zero-order chi connectivity index (χ0) is 18.6. The molecule has 0 radical (unpaired) electrons. The molecule has 1 unspecified atom stereocenters. The van der Waals surface area contributed by atoms with Crippen molar-refractivity contribution in [2.75, 3.05) is 0 Å². The number of hydrogen-bond acceptors (Lipinski definition) is 4. The van der Waals surface area contributed by atoms with Crippen LogP contribution in [-0.4, -0.2) is 11.9 Å². The standard InChI is InChI=1S/C19H17F2NO3/c1-12(18(23)19(2,3)11-22)24-14-5-7-15(8-6-14)25-17-9-4-13(20)10-16(17)21/h4-10,12H,1-3H3. The molecule has 1 atom stereocenters. The molecule has 0 bridgehead atoms. The lowest BCUT2D eigenvalue weighted by Gasteiger charge is -2.20. The molecule has 0 amide bonds. The molecule has 0 aliphatic heterocycles. The Kier molecular flexibility index (Phi) is 5.38. The van der Waals surface area contributed by atoms with E-state index in [-0.39, 0.29) is 11.5 Å². The Hall–Kier alpha value is -2.94. The highest BCUT2D eigenvalue weighted by atomic mass is 19.1. The van der Waals surface area contributed by atoms with Crippen molar-refractivity contribution in [1.29, 1.82) is 5.26 Å². The minimum absolute atomic E-state index is 0.102. The molecule has 25 heavy (non-hydrogen) atoms. The van der Waals surface area contributed by atoms with Crippen molar-refractivity contribution >= 4 is 5.78 Å². The summed E-state index contributed by atoms with van der Waals surface area (Å²) in [6.45, 7) is 4.63. The summed E-state index contributed by atoms with van der Waals surface area (Å²) >= 11 is 0. The topological polar surface area (TPSA) is 59.3 Å². The van der Waals surface area contributed by atoms with Crippen LogP contribution < -0.4 is 9.47 Å². The molecule has 6 heteroatoms. The number of rotatable bonds is 6. The zero-order valence-corrected chi connectivity index (χ0v) is 14.0. The number of hydrogen-bond donors (Lipinski definition) is 0. The van der Waals surface area contributed by atoms with Gasteiger partial charge in [0.05, 0.1) is 6.07 Å². The Balaban J connectivity index is 2.05. The average molecular weight is 345 g/mol. The maximum atomic E-state index is 13.6. The van der Waals surface area contributed by atoms with Crippen LogP contribution in [0, 0.1) is 28.4 Å². The Morgan fingerprint density at radius 2 is 1.72 bits per heavy atom. The van der Waals surface area contributed by atoms with Crippen LogP contribution in [0.25, 0.3) is 0 Å². The van der Waals surface area contributed by atoms with Crippen LogP contribution in [0.5, 0.6) is 17.2 Å². The van der Waals surface area contributed by atoms with Crippen molar-refractivity contribution in [2.45, 2.75) is 26.9 Å². The van der Waals surface area contributed by atoms with E-state index in [2.05, 4.69) is 0 Å². The molecule has 0 saturated heterocycles. The summed E-state index contributed by atoms with van der Waals surface area (Å²) in [6, 6.07) is 11.1. The van der Waals surface area contributed by atoms with Gasteiger partial charge in [-0.05, 0) is 57.2 Å². The molecule has 0 N–H and O–H groups in total. The van der Waals surface area contributed by atoms with Crippen LogP contribution in [-0.2, 0) is 4.79 Å². The van der Waals surface area contributed by atoms with Gasteiger partial charge in [0.2, 0.25) is 0 Å². The van der Waals surface area contributed by atoms with Crippen LogP contribution in [0.1, 0.15) is 20.8 Å². The number of carbonyl (C=O) groups is 1. The van der Waals surface area contributed by atoms with Crippen LogP contribution >= 0.6 is 0 Å². The van der Waals surface area contributed by atoms with Gasteiger partial charge in [-0.25, -0.2) is 8.78 Å². The van der Waals surface area contributed by atoms with Gasteiger partial charge >= 0.3 is 0 Å². The molecule has 0 heterocycles. The fourth-order valence-corrected chi connectivity index (χ4v) is 2.09. The third kappa shape index (κ3) is 4.54. The van der Waals surface area contributed by atoms with Gasteiger partial charge in [-0.1, -0.05) is 0 Å². The number of nitrogens with zero attached hydrogens (tertiary/aromatic N) is 1. The summed E-state index contributed by atoms with van der Waals surface area (Å²) in [6.07, 6.45) is -0.795. The number of Topliss-reactive ketones (excluding diaryl/α,β-unsaturated/α-hetero) is 1. The molecule has 4 nitrogen and oxygen atoms in total. The molecule has 0 aromatic heterocycles. The summed E-state index contributed by atoms with van der Waals surface area (Å²) in [4.78, 5) is 12.1. The van der Waals surface area contributed by atoms with Gasteiger partial charge in [0.15, 0.2) is 23.5 Å². The first kappa shape index (κ1) is 18.4. The second kappa shape index (κ2) is 7.31. The smallest absolute Gasteiger partial charge is 0.192 e. The minimum atomic E-state index is -1.14. The molecule has 0 saturated carbocycles. The first-order valence-corrected chi connectivity index (χ1v) is 7.58. The number of benzene rings is 2. The lowest BCUT2D eigenvalue weighted by atomic mass is 9.87. The van der Waals surface area contributed by atoms with Gasteiger partial charge in [0.25, 0.3) is 0 Å². The Morgan fingerprint density at radius 3 is 2.28 bits per heavy atom. The maximum Gasteiger partial charge on any atom is 0.192 e. The average Bonchev–Trinajstić information content (AvgIpc) is 2.58. The highest BCUT2D eigenvalue weighted by Gasteiger charge is 2.32. The number of nitriles is 1. The second-order valence-electron chi connectivity index (χ2n) is 6.01. The minimum Gasteiger partial charge on any atom is -0.483 e. The molecule has 0 fully saturated rings. The van der Waals surface area contributed by atoms with E-state index in [1.807, 2.05) is 6.07 Å². The van der Waals surface area contributed by atoms with Crippen molar-refractivity contribution in [3.8, 4) is 23.3 Å². The van der Waals surface area contributed by atoms with E-state index >= 15 is 0 Å². The summed E-state index contributed by atoms with van der Waals surface area (Å²) in [5.41, 5.74) is -1.14. The Labute approximate surface area is 144 Å². The number of ether oxygens (including phenoxy) is 2. The first-order chi connectivity index (χ1) is 11.7. The Bertz CT molecular complexity index is 810. The second-order valence-corrected chi connectivity index (χ2v) is 6.01. The lowest BCUT2D eigenvalue weighted by Crippen LogP contribution is -2.35. The molecule has 0 spiro atoms. The van der Waals surface area contributed by atoms with E-state index < -0.39 is 23.2 Å². The van der Waals surface area contributed by atoms with Crippen molar-refractivity contribution in [2.24, 2.45) is 5.41 Å². The SMILES string of the molecule is CC(Oc1ccc(Oc2ccc(F)cc2F)cc1)C(=O)C(C)(C)C#N. The van der Waals surface area contributed by atoms with Crippen LogP contribution in [0.3, 0.4) is 0 Å². The molecule has 2 rings (SSSR count). The Morgan fingerprint density at radius 1 is 1.12 bits per heavy atom. The number of carbonyl (C=O) groups excluding carboxylic acids is 1. The molecule has 130 valence electrons. The van der Waals surface area contributed by atoms with Crippen molar-refractivity contribution < 1.29 is 23.0 Å². The monoisotopic (exact) mass is 345 g/mol. The third-order valence-electron chi connectivity index (χ3n) is 3.52. The van der Waals surface area contributed by atoms with E-state index in [1.54, 1.807) is 19.1 Å². The molecular weight excluding hydrogens is 328 g/mol. The molecule has 2 aromatic carbocycles. The maximum absolute atomic E-state index is 13.6. The van der Waals surface area contributed by atoms with Crippen molar-refractivity contribution in [3.63, 3.8) is 0 Å². The summed E-state index contributed by atoms with van der Waals surface area (Å²) < 4.78 is 37.3. The summed E-state index contributed by atoms with van der Waals surface area (Å²) in [5.74, 6) is -1.19. The normalized spacial score (nSPS) is 12.2. The predicted octanol–water partition coefficient (Wildman–Crippen LogP) is 4.64. The fraction of sp³-hybridized carbons (Fsp3) is 0.263. The lowest BCUT2D eigenvalue weighted by molar-refractivity contribution is -0.130. The van der Waals surface area contributed by atoms with E-state index in [1.165, 1.54) is 32.0 Å². The van der Waals surface area contributed by atoms with Crippen molar-refractivity contribution in [1.82, 2.24) is 0 Å². The van der Waals surface area contributed by atoms with Gasteiger partial charge in [0, 0.05) is 6.07 Å². The molecule has 0 aliphatic rings. The van der Waals surface area contributed by atoms with E-state index in [9.17, 15) is 13.6 Å². The van der Waals surface area contributed by atoms with E-state index in [4.69, 9.17) is 14.7 Å². The fourth-order valence-electron chi connectivity index (χ4n) is 2.09. The molecule has 0 aliphatic carbocycles. The van der Waals surface area contributed by atoms with Gasteiger partial charge in [0.1, 0.15) is 22.7 Å². The molecular formula is C19H17F2NO3. The summed E-state index contributed by atoms with van der Waals surface area (Å²) in [5, 5.41) is 9.00. The number of ketones is 1. The largest absolute Gasteiger partial charge is 0.483 e. The van der Waals surface area contributed by atoms with Crippen LogP contribution in [0.2, 0.25) is 0 Å². The zero-order valence-electron chi connectivity index (χ0n) is 14.0. The third-order valence-corrected chi connectivity index (χ3v) is 3.52. The predicted molar refractivity (Wildman–Crippen MR) is 87.4 cm³/mol. The van der Waals surface area contributed by atoms with Crippen LogP contribution in [0.4, 0.5) is 8.78 Å². The number of halogens is 2. The highest BCUT2D eigenvalue weighted by molar-refractivity contribution is 5.90. The van der Waals surface area contributed by atoms with Gasteiger partial charge in [-0.15, -0.1) is 0 Å². The van der Waals surface area contributed by atoms with Gasteiger partial charge in [-0.3, -0.25) is 4.79 Å². The highest BCUT2D eigenvalue weighted by Crippen LogP contribution is 2.27. The van der Waals surface area contributed by atoms with Crippen molar-refractivity contribution in [3.05, 3.63) is 54.1 Å². The first-order valence-electron chi connectivity index (χ1n) is 7.58. The van der Waals surface area contributed by atoms with Crippen LogP contribution in [0.15, 0.2) is 42.5 Å². The van der Waals surface area contributed by atoms with E-state index in [0.29, 0.717) is 11.5 Å². The van der Waals surface area contributed by atoms with Gasteiger partial charge < -0.3 is 9.47 Å². The van der Waals surface area contributed by atoms with E-state index in [0.717, 1.165) is 12.1 Å². The summed E-state index contributed by atoms with van der Waals surface area (Å²) in [7, 11) is 0.